The van der Waals surface area contributed by atoms with Crippen molar-refractivity contribution in [1.29, 1.82) is 0 Å². The second-order valence-electron chi connectivity index (χ2n) is 7.50. The fourth-order valence-electron chi connectivity index (χ4n) is 3.46. The Hall–Kier alpha value is -3.66. The highest BCUT2D eigenvalue weighted by Gasteiger charge is 2.21. The van der Waals surface area contributed by atoms with Crippen LogP contribution >= 0.6 is 0 Å². The molecule has 3 amide bonds. The van der Waals surface area contributed by atoms with Crippen molar-refractivity contribution in [2.75, 3.05) is 48.5 Å². The van der Waals surface area contributed by atoms with E-state index in [-0.39, 0.29) is 11.5 Å². The van der Waals surface area contributed by atoms with E-state index in [0.717, 1.165) is 22.2 Å². The normalized spacial score (nSPS) is 14.0. The van der Waals surface area contributed by atoms with E-state index in [2.05, 4.69) is 20.3 Å². The maximum Gasteiger partial charge on any atom is 0.320 e. The van der Waals surface area contributed by atoms with Crippen LogP contribution in [-0.4, -0.2) is 60.2 Å². The van der Waals surface area contributed by atoms with Gasteiger partial charge in [0.25, 0.3) is 5.91 Å². The summed E-state index contributed by atoms with van der Waals surface area (Å²) in [7, 11) is 1.50. The summed E-state index contributed by atoms with van der Waals surface area (Å²) in [5.41, 5.74) is 9.42. The van der Waals surface area contributed by atoms with Crippen LogP contribution in [-0.2, 0) is 4.74 Å². The smallest absolute Gasteiger partial charge is 0.320 e. The molecule has 4 rings (SSSR count). The summed E-state index contributed by atoms with van der Waals surface area (Å²) < 4.78 is 5.38. The molecule has 1 fully saturated rings. The van der Waals surface area contributed by atoms with Crippen LogP contribution < -0.4 is 20.9 Å². The molecule has 0 saturated carbocycles. The molecule has 10 heteroatoms. The van der Waals surface area contributed by atoms with Gasteiger partial charge in [-0.2, -0.15) is 4.98 Å². The molecule has 1 saturated heterocycles. The Labute approximate surface area is 179 Å². The van der Waals surface area contributed by atoms with Gasteiger partial charge in [-0.25, -0.2) is 9.78 Å². The largest absolute Gasteiger partial charge is 0.378 e. The standard InChI is InChI=1S/C21H25N7O3/c1-12-13(2)23-16-5-4-14(10-15(12)16)24-19(29)17-11-18(27(3)20(22)30)26-21(25-17)28-6-8-31-9-7-28/h4-5,10-11,23H,6-9H2,1-3H3,(H2,22,30)(H,24,29). The van der Waals surface area contributed by atoms with Gasteiger partial charge in [-0.05, 0) is 37.6 Å². The van der Waals surface area contributed by atoms with Crippen LogP contribution in [0.25, 0.3) is 10.9 Å². The second-order valence-corrected chi connectivity index (χ2v) is 7.50. The number of rotatable bonds is 4. The lowest BCUT2D eigenvalue weighted by molar-refractivity contribution is 0.102. The van der Waals surface area contributed by atoms with E-state index in [1.807, 2.05) is 36.9 Å². The number of nitrogens with one attached hydrogen (secondary N) is 2. The number of nitrogens with two attached hydrogens (primary N) is 1. The van der Waals surface area contributed by atoms with Gasteiger partial charge in [0, 0.05) is 48.5 Å². The summed E-state index contributed by atoms with van der Waals surface area (Å²) in [5, 5.41) is 3.93. The van der Waals surface area contributed by atoms with Gasteiger partial charge in [0.2, 0.25) is 5.95 Å². The zero-order chi connectivity index (χ0) is 22.1. The number of aryl methyl sites for hydroxylation is 2. The molecule has 1 aliphatic heterocycles. The van der Waals surface area contributed by atoms with Crippen molar-refractivity contribution < 1.29 is 14.3 Å². The monoisotopic (exact) mass is 423 g/mol. The lowest BCUT2D eigenvalue weighted by Gasteiger charge is -2.27. The molecule has 10 nitrogen and oxygen atoms in total. The van der Waals surface area contributed by atoms with Crippen molar-refractivity contribution in [1.82, 2.24) is 15.0 Å². The van der Waals surface area contributed by atoms with Crippen molar-refractivity contribution in [3.05, 3.63) is 41.2 Å². The minimum atomic E-state index is -0.679. The number of nitrogens with zero attached hydrogens (tertiary/aromatic N) is 4. The van der Waals surface area contributed by atoms with Crippen LogP contribution in [0.1, 0.15) is 21.7 Å². The maximum absolute atomic E-state index is 13.0. The first kappa shape index (κ1) is 20.6. The number of fused-ring (bicyclic) bond motifs is 1. The molecule has 0 bridgehead atoms. The number of aromatic nitrogens is 3. The summed E-state index contributed by atoms with van der Waals surface area (Å²) in [5.74, 6) is 0.202. The maximum atomic E-state index is 13.0. The topological polar surface area (TPSA) is 129 Å². The number of primary amides is 1. The van der Waals surface area contributed by atoms with Crippen LogP contribution in [0.3, 0.4) is 0 Å². The predicted octanol–water partition coefficient (Wildman–Crippen LogP) is 2.18. The molecule has 2 aromatic heterocycles. The first-order chi connectivity index (χ1) is 14.8. The zero-order valence-corrected chi connectivity index (χ0v) is 17.7. The van der Waals surface area contributed by atoms with Gasteiger partial charge in [-0.3, -0.25) is 9.69 Å². The van der Waals surface area contributed by atoms with E-state index in [9.17, 15) is 9.59 Å². The number of carbonyl (C=O) groups excluding carboxylic acids is 2. The van der Waals surface area contributed by atoms with Gasteiger partial charge in [0.05, 0.1) is 13.2 Å². The number of ether oxygens (including phenoxy) is 1. The van der Waals surface area contributed by atoms with Gasteiger partial charge in [-0.15, -0.1) is 0 Å². The van der Waals surface area contributed by atoms with Crippen LogP contribution in [0.5, 0.6) is 0 Å². The number of anilines is 3. The van der Waals surface area contributed by atoms with Crippen LogP contribution in [0.15, 0.2) is 24.3 Å². The van der Waals surface area contributed by atoms with Gasteiger partial charge < -0.3 is 25.7 Å². The highest BCUT2D eigenvalue weighted by atomic mass is 16.5. The van der Waals surface area contributed by atoms with Gasteiger partial charge in [-0.1, -0.05) is 0 Å². The van der Waals surface area contributed by atoms with E-state index in [1.165, 1.54) is 18.0 Å². The Balaban J connectivity index is 1.66. The molecular weight excluding hydrogens is 398 g/mol. The third-order valence-electron chi connectivity index (χ3n) is 5.47. The number of urea groups is 1. The number of aromatic amines is 1. The number of morpholine rings is 1. The highest BCUT2D eigenvalue weighted by molar-refractivity contribution is 6.05. The van der Waals surface area contributed by atoms with Gasteiger partial charge in [0.15, 0.2) is 0 Å². The molecule has 0 unspecified atom stereocenters. The molecular formula is C21H25N7O3. The first-order valence-corrected chi connectivity index (χ1v) is 9.98. The van der Waals surface area contributed by atoms with Crippen LogP contribution in [0.4, 0.5) is 22.2 Å². The van der Waals surface area contributed by atoms with Crippen LogP contribution in [0.2, 0.25) is 0 Å². The molecule has 1 aromatic carbocycles. The van der Waals surface area contributed by atoms with Crippen molar-refractivity contribution in [2.45, 2.75) is 13.8 Å². The average molecular weight is 423 g/mol. The molecule has 3 aromatic rings. The quantitative estimate of drug-likeness (QED) is 0.590. The molecule has 31 heavy (non-hydrogen) atoms. The number of benzene rings is 1. The number of hydrogen-bond donors (Lipinski definition) is 3. The summed E-state index contributed by atoms with van der Waals surface area (Å²) in [6.45, 7) is 6.30. The van der Waals surface area contributed by atoms with E-state index < -0.39 is 11.9 Å². The summed E-state index contributed by atoms with van der Waals surface area (Å²) in [4.78, 5) is 40.0. The molecule has 4 N–H and O–H groups in total. The Bertz CT molecular complexity index is 1150. The Morgan fingerprint density at radius 3 is 2.65 bits per heavy atom. The van der Waals surface area contributed by atoms with Crippen molar-refractivity contribution in [3.8, 4) is 0 Å². The first-order valence-electron chi connectivity index (χ1n) is 9.98. The SMILES string of the molecule is Cc1[nH]c2ccc(NC(=O)c3cc(N(C)C(N)=O)nc(N4CCOCC4)n3)cc2c1C. The third kappa shape index (κ3) is 4.15. The number of carbonyl (C=O) groups is 2. The molecule has 0 atom stereocenters. The minimum absolute atomic E-state index is 0.140. The molecule has 0 spiro atoms. The van der Waals surface area contributed by atoms with E-state index in [4.69, 9.17) is 10.5 Å². The summed E-state index contributed by atoms with van der Waals surface area (Å²) in [6.07, 6.45) is 0. The molecule has 1 aliphatic rings. The van der Waals surface area contributed by atoms with E-state index in [1.54, 1.807) is 0 Å². The Morgan fingerprint density at radius 2 is 1.94 bits per heavy atom. The van der Waals surface area contributed by atoms with E-state index in [0.29, 0.717) is 37.9 Å². The average Bonchev–Trinajstić information content (AvgIpc) is 3.06. The fourth-order valence-corrected chi connectivity index (χ4v) is 3.46. The highest BCUT2D eigenvalue weighted by Crippen LogP contribution is 2.25. The lowest BCUT2D eigenvalue weighted by atomic mass is 10.1. The number of hydrogen-bond acceptors (Lipinski definition) is 6. The summed E-state index contributed by atoms with van der Waals surface area (Å²) >= 11 is 0. The molecule has 0 radical (unpaired) electrons. The molecule has 3 heterocycles. The number of H-pyrrole nitrogens is 1. The zero-order valence-electron chi connectivity index (χ0n) is 17.7. The predicted molar refractivity (Wildman–Crippen MR) is 119 cm³/mol. The van der Waals surface area contributed by atoms with Gasteiger partial charge >= 0.3 is 6.03 Å². The van der Waals surface area contributed by atoms with Crippen molar-refractivity contribution in [3.63, 3.8) is 0 Å². The Kier molecular flexibility index (Phi) is 5.47. The van der Waals surface area contributed by atoms with Gasteiger partial charge in [0.1, 0.15) is 11.5 Å². The lowest BCUT2D eigenvalue weighted by Crippen LogP contribution is -2.38. The van der Waals surface area contributed by atoms with Crippen molar-refractivity contribution in [2.24, 2.45) is 5.73 Å². The molecule has 0 aliphatic carbocycles. The third-order valence-corrected chi connectivity index (χ3v) is 5.47. The summed E-state index contributed by atoms with van der Waals surface area (Å²) in [6, 6.07) is 6.45. The fraction of sp³-hybridized carbons (Fsp3) is 0.333. The number of amides is 3. The van der Waals surface area contributed by atoms with Crippen molar-refractivity contribution >= 4 is 40.3 Å². The Morgan fingerprint density at radius 1 is 1.19 bits per heavy atom. The van der Waals surface area contributed by atoms with E-state index >= 15 is 0 Å². The van der Waals surface area contributed by atoms with Crippen LogP contribution in [0, 0.1) is 13.8 Å². The second kappa shape index (κ2) is 8.23. The minimum Gasteiger partial charge on any atom is -0.378 e. The molecule has 162 valence electrons.